The van der Waals surface area contributed by atoms with Gasteiger partial charge in [-0.2, -0.15) is 4.39 Å². The van der Waals surface area contributed by atoms with E-state index in [0.29, 0.717) is 0 Å². The van der Waals surface area contributed by atoms with Crippen LogP contribution >= 0.6 is 11.6 Å². The number of rotatable bonds is 4. The van der Waals surface area contributed by atoms with Crippen LogP contribution in [-0.4, -0.2) is 17.8 Å². The summed E-state index contributed by atoms with van der Waals surface area (Å²) >= 11 is 5.42. The summed E-state index contributed by atoms with van der Waals surface area (Å²) in [5.41, 5.74) is -0.759. The summed E-state index contributed by atoms with van der Waals surface area (Å²) in [5, 5.41) is -0.502. The molecule has 3 nitrogen and oxygen atoms in total. The Bertz CT molecular complexity index is 353. The topological polar surface area (TPSA) is 43.4 Å². The maximum absolute atomic E-state index is 13.3. The van der Waals surface area contributed by atoms with E-state index in [4.69, 9.17) is 11.6 Å². The zero-order valence-corrected chi connectivity index (χ0v) is 10.2. The molecule has 0 saturated heterocycles. The summed E-state index contributed by atoms with van der Waals surface area (Å²) in [6, 6.07) is 0. The summed E-state index contributed by atoms with van der Waals surface area (Å²) in [5.74, 6) is -2.34. The second-order valence-electron chi connectivity index (χ2n) is 4.11. The van der Waals surface area contributed by atoms with E-state index in [1.807, 2.05) is 0 Å². The molecule has 1 fully saturated rings. The van der Waals surface area contributed by atoms with Crippen LogP contribution in [0, 0.1) is 17.3 Å². The molecular weight excluding hydrogens is 235 g/mol. The maximum atomic E-state index is 13.3. The molecule has 0 aliphatic heterocycles. The Morgan fingerprint density at radius 2 is 2.12 bits per heavy atom. The first kappa shape index (κ1) is 13.2. The minimum atomic E-state index is -0.994. The highest BCUT2D eigenvalue weighted by molar-refractivity contribution is 6.65. The quantitative estimate of drug-likeness (QED) is 0.436. The molecule has 90 valence electrons. The molecule has 1 aliphatic rings. The first-order chi connectivity index (χ1) is 7.35. The number of halogens is 2. The zero-order chi connectivity index (χ0) is 12.5. The Hall–Kier alpha value is -0.900. The van der Waals surface area contributed by atoms with Crippen molar-refractivity contribution in [3.05, 3.63) is 11.9 Å². The van der Waals surface area contributed by atoms with Gasteiger partial charge in [0.05, 0.1) is 12.0 Å². The molecule has 5 heteroatoms. The van der Waals surface area contributed by atoms with Gasteiger partial charge < -0.3 is 4.74 Å². The molecule has 3 unspecified atom stereocenters. The summed E-state index contributed by atoms with van der Waals surface area (Å²) in [7, 11) is 0. The van der Waals surface area contributed by atoms with Crippen molar-refractivity contribution in [3.63, 3.8) is 0 Å². The van der Waals surface area contributed by atoms with Crippen LogP contribution in [0.5, 0.6) is 0 Å². The largest absolute Gasteiger partial charge is 0.461 e. The smallest absolute Gasteiger partial charge is 0.366 e. The predicted octanol–water partition coefficient (Wildman–Crippen LogP) is 2.44. The second kappa shape index (κ2) is 4.53. The van der Waals surface area contributed by atoms with Gasteiger partial charge in [0.1, 0.15) is 0 Å². The molecule has 0 bridgehead atoms. The highest BCUT2D eigenvalue weighted by Crippen LogP contribution is 2.60. The first-order valence-electron chi connectivity index (χ1n) is 5.10. The van der Waals surface area contributed by atoms with Crippen molar-refractivity contribution in [1.82, 2.24) is 0 Å². The summed E-state index contributed by atoms with van der Waals surface area (Å²) in [4.78, 5) is 22.1. The van der Waals surface area contributed by atoms with Gasteiger partial charge in [-0.15, -0.1) is 0 Å². The molecule has 1 saturated carbocycles. The van der Waals surface area contributed by atoms with Gasteiger partial charge >= 0.3 is 5.97 Å². The monoisotopic (exact) mass is 248 g/mol. The fourth-order valence-corrected chi connectivity index (χ4v) is 2.12. The molecule has 0 spiro atoms. The average Bonchev–Trinajstić information content (AvgIpc) is 2.72. The van der Waals surface area contributed by atoms with E-state index in [1.54, 1.807) is 20.8 Å². The van der Waals surface area contributed by atoms with Crippen LogP contribution in [0.25, 0.3) is 0 Å². The lowest BCUT2D eigenvalue weighted by Gasteiger charge is -2.01. The van der Waals surface area contributed by atoms with Gasteiger partial charge in [-0.25, -0.2) is 4.79 Å². The van der Waals surface area contributed by atoms with Crippen LogP contribution in [0.15, 0.2) is 11.9 Å². The Balaban J connectivity index is 2.73. The second-order valence-corrected chi connectivity index (χ2v) is 4.45. The van der Waals surface area contributed by atoms with Gasteiger partial charge in [-0.1, -0.05) is 13.8 Å². The van der Waals surface area contributed by atoms with Gasteiger partial charge in [-0.3, -0.25) is 4.79 Å². The van der Waals surface area contributed by atoms with Crippen LogP contribution < -0.4 is 0 Å². The van der Waals surface area contributed by atoms with E-state index in [-0.39, 0.29) is 18.4 Å². The molecule has 0 amide bonds. The van der Waals surface area contributed by atoms with Gasteiger partial charge in [0, 0.05) is 0 Å². The number of hydrogen-bond acceptors (Lipinski definition) is 3. The third kappa shape index (κ3) is 2.12. The molecular formula is C11H14ClFO3. The van der Waals surface area contributed by atoms with Crippen molar-refractivity contribution in [1.29, 1.82) is 0 Å². The van der Waals surface area contributed by atoms with E-state index in [1.165, 1.54) is 0 Å². The normalized spacial score (nSPS) is 33.4. The van der Waals surface area contributed by atoms with Crippen LogP contribution in [0.4, 0.5) is 4.39 Å². The lowest BCUT2D eigenvalue weighted by molar-refractivity contribution is -0.140. The number of esters is 1. The molecule has 0 aromatic heterocycles. The molecule has 0 N–H and O–H groups in total. The predicted molar refractivity (Wildman–Crippen MR) is 57.4 cm³/mol. The van der Waals surface area contributed by atoms with Gasteiger partial charge in [0.2, 0.25) is 11.1 Å². The lowest BCUT2D eigenvalue weighted by Crippen LogP contribution is -2.09. The number of carbonyl (C=O) groups excluding carboxylic acids is 2. The van der Waals surface area contributed by atoms with E-state index >= 15 is 0 Å². The lowest BCUT2D eigenvalue weighted by atomic mass is 10.1. The Labute approximate surface area is 98.6 Å². The summed E-state index contributed by atoms with van der Waals surface area (Å²) < 4.78 is 17.8. The molecule has 16 heavy (non-hydrogen) atoms. The highest BCUT2D eigenvalue weighted by atomic mass is 35.5. The zero-order valence-electron chi connectivity index (χ0n) is 9.42. The maximum Gasteiger partial charge on any atom is 0.366 e. The summed E-state index contributed by atoms with van der Waals surface area (Å²) in [6.45, 7) is 5.16. The minimum absolute atomic E-state index is 0.0577. The van der Waals surface area contributed by atoms with Gasteiger partial charge in [0.25, 0.3) is 0 Å². The SMILES string of the molecule is CCOC(=O)C(F)=CC1C(C)C1(C)C(=O)Cl. The van der Waals surface area contributed by atoms with Crippen molar-refractivity contribution in [3.8, 4) is 0 Å². The average molecular weight is 249 g/mol. The molecule has 0 aromatic rings. The minimum Gasteiger partial charge on any atom is -0.461 e. The third-order valence-corrected chi connectivity index (χ3v) is 3.69. The number of allylic oxidation sites excluding steroid dienone is 1. The van der Waals surface area contributed by atoms with Crippen LogP contribution in [0.2, 0.25) is 0 Å². The summed E-state index contributed by atoms with van der Waals surface area (Å²) in [6.07, 6.45) is 1.13. The number of ether oxygens (including phenoxy) is 1. The molecule has 0 radical (unpaired) electrons. The standard InChI is InChI=1S/C11H14ClFO3/c1-4-16-9(14)8(13)5-7-6(2)11(7,3)10(12)15/h5-7H,4H2,1-3H3. The van der Waals surface area contributed by atoms with Gasteiger partial charge in [0.15, 0.2) is 0 Å². The Morgan fingerprint density at radius 1 is 1.56 bits per heavy atom. The van der Waals surface area contributed by atoms with Gasteiger partial charge in [-0.05, 0) is 36.4 Å². The molecule has 1 rings (SSSR count). The fraction of sp³-hybridized carbons (Fsp3) is 0.636. The van der Waals surface area contributed by atoms with E-state index in [0.717, 1.165) is 6.08 Å². The number of hydrogen-bond donors (Lipinski definition) is 0. The molecule has 1 aliphatic carbocycles. The van der Waals surface area contributed by atoms with E-state index in [2.05, 4.69) is 4.74 Å². The number of carbonyl (C=O) groups is 2. The highest BCUT2D eigenvalue weighted by Gasteiger charge is 2.62. The van der Waals surface area contributed by atoms with Crippen LogP contribution in [0.1, 0.15) is 20.8 Å². The fourth-order valence-electron chi connectivity index (χ4n) is 1.82. The van der Waals surface area contributed by atoms with Crippen molar-refractivity contribution in [2.24, 2.45) is 17.3 Å². The van der Waals surface area contributed by atoms with Crippen molar-refractivity contribution < 1.29 is 18.7 Å². The molecule has 0 heterocycles. The van der Waals surface area contributed by atoms with Crippen molar-refractivity contribution in [2.45, 2.75) is 20.8 Å². The Kier molecular flexibility index (Phi) is 3.73. The third-order valence-electron chi connectivity index (χ3n) is 3.29. The van der Waals surface area contributed by atoms with Crippen molar-refractivity contribution >= 4 is 22.8 Å². The molecule has 0 aromatic carbocycles. The molecule has 3 atom stereocenters. The van der Waals surface area contributed by atoms with E-state index in [9.17, 15) is 14.0 Å². The van der Waals surface area contributed by atoms with E-state index < -0.39 is 22.5 Å². The van der Waals surface area contributed by atoms with Crippen molar-refractivity contribution in [2.75, 3.05) is 6.61 Å². The Morgan fingerprint density at radius 3 is 2.50 bits per heavy atom. The van der Waals surface area contributed by atoms with Crippen LogP contribution in [-0.2, 0) is 14.3 Å². The van der Waals surface area contributed by atoms with Crippen LogP contribution in [0.3, 0.4) is 0 Å². The first-order valence-corrected chi connectivity index (χ1v) is 5.47.